The molecule has 0 aromatic heterocycles. The highest BCUT2D eigenvalue weighted by atomic mass is 16.4. The van der Waals surface area contributed by atoms with Crippen molar-refractivity contribution in [1.29, 1.82) is 0 Å². The number of hydrogen-bond donors (Lipinski definition) is 2. The summed E-state index contributed by atoms with van der Waals surface area (Å²) in [7, 11) is 0. The van der Waals surface area contributed by atoms with Crippen molar-refractivity contribution >= 4 is 5.97 Å². The van der Waals surface area contributed by atoms with Crippen LogP contribution in [0.25, 0.3) is 0 Å². The van der Waals surface area contributed by atoms with Gasteiger partial charge in [-0.2, -0.15) is 0 Å². The van der Waals surface area contributed by atoms with Crippen molar-refractivity contribution in [2.24, 2.45) is 5.92 Å². The SMILES string of the molecule is CCCNC(C)(CC(=O)O)CC1CCC1. The molecule has 0 saturated heterocycles. The third-order valence-electron chi connectivity index (χ3n) is 3.31. The maximum absolute atomic E-state index is 10.8. The number of carboxylic acid groups (broad SMARTS) is 1. The van der Waals surface area contributed by atoms with Crippen molar-refractivity contribution in [3.8, 4) is 0 Å². The Balaban J connectivity index is 2.44. The lowest BCUT2D eigenvalue weighted by Gasteiger charge is -2.37. The predicted molar refractivity (Wildman–Crippen MR) is 60.9 cm³/mol. The van der Waals surface area contributed by atoms with E-state index in [0.29, 0.717) is 0 Å². The van der Waals surface area contributed by atoms with Crippen LogP contribution < -0.4 is 5.32 Å². The summed E-state index contributed by atoms with van der Waals surface area (Å²) in [6.07, 6.45) is 6.19. The minimum atomic E-state index is -0.694. The smallest absolute Gasteiger partial charge is 0.305 e. The van der Waals surface area contributed by atoms with Gasteiger partial charge >= 0.3 is 5.97 Å². The van der Waals surface area contributed by atoms with Crippen molar-refractivity contribution in [1.82, 2.24) is 5.32 Å². The first-order chi connectivity index (χ1) is 7.06. The molecule has 0 aliphatic heterocycles. The lowest BCUT2D eigenvalue weighted by Crippen LogP contribution is -2.46. The molecule has 0 heterocycles. The molecule has 2 N–H and O–H groups in total. The van der Waals surface area contributed by atoms with Crippen LogP contribution in [0.5, 0.6) is 0 Å². The molecule has 1 unspecified atom stereocenters. The summed E-state index contributed by atoms with van der Waals surface area (Å²) in [5.74, 6) is 0.0548. The maximum atomic E-state index is 10.8. The molecule has 0 aromatic rings. The molecule has 15 heavy (non-hydrogen) atoms. The average molecular weight is 213 g/mol. The zero-order valence-electron chi connectivity index (χ0n) is 9.88. The molecule has 1 aliphatic rings. The standard InChI is InChI=1S/C12H23NO2/c1-3-7-13-12(2,9-11(14)15)8-10-5-4-6-10/h10,13H,3-9H2,1-2H3,(H,14,15). The molecule has 88 valence electrons. The van der Waals surface area contributed by atoms with E-state index in [2.05, 4.69) is 19.2 Å². The third kappa shape index (κ3) is 4.20. The highest BCUT2D eigenvalue weighted by Crippen LogP contribution is 2.34. The second-order valence-corrected chi connectivity index (χ2v) is 5.06. The van der Waals surface area contributed by atoms with Crippen LogP contribution in [0.3, 0.4) is 0 Å². The molecule has 3 heteroatoms. The van der Waals surface area contributed by atoms with Gasteiger partial charge in [0.2, 0.25) is 0 Å². The van der Waals surface area contributed by atoms with E-state index in [1.165, 1.54) is 19.3 Å². The largest absolute Gasteiger partial charge is 0.481 e. The van der Waals surface area contributed by atoms with Crippen LogP contribution in [0, 0.1) is 5.92 Å². The molecule has 1 rings (SSSR count). The number of rotatable bonds is 7. The monoisotopic (exact) mass is 213 g/mol. The van der Waals surface area contributed by atoms with Crippen LogP contribution in [0.1, 0.15) is 52.4 Å². The zero-order chi connectivity index (χ0) is 11.3. The number of hydrogen-bond acceptors (Lipinski definition) is 2. The fraction of sp³-hybridized carbons (Fsp3) is 0.917. The molecule has 0 bridgehead atoms. The predicted octanol–water partition coefficient (Wildman–Crippen LogP) is 2.41. The van der Waals surface area contributed by atoms with Gasteiger partial charge in [-0.15, -0.1) is 0 Å². The van der Waals surface area contributed by atoms with Crippen LogP contribution in [-0.4, -0.2) is 23.2 Å². The lowest BCUT2D eigenvalue weighted by molar-refractivity contribution is -0.138. The molecule has 0 radical (unpaired) electrons. The third-order valence-corrected chi connectivity index (χ3v) is 3.31. The van der Waals surface area contributed by atoms with Gasteiger partial charge in [0.05, 0.1) is 6.42 Å². The van der Waals surface area contributed by atoms with Gasteiger partial charge in [-0.25, -0.2) is 0 Å². The van der Waals surface area contributed by atoms with E-state index in [9.17, 15) is 4.79 Å². The Morgan fingerprint density at radius 1 is 1.53 bits per heavy atom. The Bertz CT molecular complexity index is 214. The van der Waals surface area contributed by atoms with E-state index in [-0.39, 0.29) is 12.0 Å². The van der Waals surface area contributed by atoms with Gasteiger partial charge in [-0.1, -0.05) is 26.2 Å². The van der Waals surface area contributed by atoms with Crippen LogP contribution >= 0.6 is 0 Å². The first-order valence-electron chi connectivity index (χ1n) is 6.02. The van der Waals surface area contributed by atoms with E-state index in [1.807, 2.05) is 0 Å². The molecular weight excluding hydrogens is 190 g/mol. The molecule has 0 amide bonds. The highest BCUT2D eigenvalue weighted by Gasteiger charge is 2.32. The van der Waals surface area contributed by atoms with Crippen molar-refractivity contribution in [2.75, 3.05) is 6.54 Å². The number of aliphatic carboxylic acids is 1. The molecule has 1 saturated carbocycles. The van der Waals surface area contributed by atoms with Crippen LogP contribution in [0.4, 0.5) is 0 Å². The highest BCUT2D eigenvalue weighted by molar-refractivity contribution is 5.68. The Kier molecular flexibility index (Phi) is 4.58. The minimum Gasteiger partial charge on any atom is -0.481 e. The minimum absolute atomic E-state index is 0.201. The molecule has 0 aromatic carbocycles. The summed E-state index contributed by atoms with van der Waals surface area (Å²) in [4.78, 5) is 10.8. The number of carboxylic acids is 1. The van der Waals surface area contributed by atoms with Gasteiger partial charge in [-0.05, 0) is 32.2 Å². The van der Waals surface area contributed by atoms with Crippen molar-refractivity contribution in [2.45, 2.75) is 57.9 Å². The van der Waals surface area contributed by atoms with Gasteiger partial charge < -0.3 is 10.4 Å². The van der Waals surface area contributed by atoms with E-state index >= 15 is 0 Å². The summed E-state index contributed by atoms with van der Waals surface area (Å²) in [5.41, 5.74) is -0.201. The van der Waals surface area contributed by atoms with E-state index in [0.717, 1.165) is 25.3 Å². The molecular formula is C12H23NO2. The van der Waals surface area contributed by atoms with Gasteiger partial charge in [0.15, 0.2) is 0 Å². The van der Waals surface area contributed by atoms with Crippen molar-refractivity contribution in [3.05, 3.63) is 0 Å². The fourth-order valence-corrected chi connectivity index (χ4v) is 2.30. The number of nitrogens with one attached hydrogen (secondary N) is 1. The topological polar surface area (TPSA) is 49.3 Å². The zero-order valence-corrected chi connectivity index (χ0v) is 9.88. The summed E-state index contributed by atoms with van der Waals surface area (Å²) < 4.78 is 0. The van der Waals surface area contributed by atoms with Crippen LogP contribution in [0.15, 0.2) is 0 Å². The van der Waals surface area contributed by atoms with E-state index in [4.69, 9.17) is 5.11 Å². The van der Waals surface area contributed by atoms with Crippen LogP contribution in [-0.2, 0) is 4.79 Å². The first kappa shape index (κ1) is 12.5. The van der Waals surface area contributed by atoms with Crippen molar-refractivity contribution < 1.29 is 9.90 Å². The van der Waals surface area contributed by atoms with Gasteiger partial charge in [0.25, 0.3) is 0 Å². The normalized spacial score (nSPS) is 20.7. The molecule has 1 atom stereocenters. The average Bonchev–Trinajstić information content (AvgIpc) is 2.07. The van der Waals surface area contributed by atoms with E-state index in [1.54, 1.807) is 0 Å². The summed E-state index contributed by atoms with van der Waals surface area (Å²) in [6, 6.07) is 0. The second kappa shape index (κ2) is 5.50. The second-order valence-electron chi connectivity index (χ2n) is 5.06. The van der Waals surface area contributed by atoms with E-state index < -0.39 is 5.97 Å². The first-order valence-corrected chi connectivity index (χ1v) is 6.02. The maximum Gasteiger partial charge on any atom is 0.305 e. The summed E-state index contributed by atoms with van der Waals surface area (Å²) >= 11 is 0. The Morgan fingerprint density at radius 3 is 2.60 bits per heavy atom. The lowest BCUT2D eigenvalue weighted by atomic mass is 9.75. The Hall–Kier alpha value is -0.570. The van der Waals surface area contributed by atoms with Gasteiger partial charge in [0, 0.05) is 5.54 Å². The number of carbonyl (C=O) groups is 1. The Morgan fingerprint density at radius 2 is 2.20 bits per heavy atom. The summed E-state index contributed by atoms with van der Waals surface area (Å²) in [6.45, 7) is 5.07. The molecule has 1 fully saturated rings. The summed E-state index contributed by atoms with van der Waals surface area (Å²) in [5, 5.41) is 12.3. The fourth-order valence-electron chi connectivity index (χ4n) is 2.30. The van der Waals surface area contributed by atoms with Crippen molar-refractivity contribution in [3.63, 3.8) is 0 Å². The van der Waals surface area contributed by atoms with Gasteiger partial charge in [0.1, 0.15) is 0 Å². The molecule has 1 aliphatic carbocycles. The molecule has 3 nitrogen and oxygen atoms in total. The van der Waals surface area contributed by atoms with Gasteiger partial charge in [-0.3, -0.25) is 4.79 Å². The molecule has 0 spiro atoms. The van der Waals surface area contributed by atoms with Crippen LogP contribution in [0.2, 0.25) is 0 Å². The quantitative estimate of drug-likeness (QED) is 0.682. The Labute approximate surface area is 92.3 Å².